The van der Waals surface area contributed by atoms with Gasteiger partial charge in [-0.1, -0.05) is 0 Å². The second kappa shape index (κ2) is 3.46. The van der Waals surface area contributed by atoms with Crippen molar-refractivity contribution in [3.05, 3.63) is 6.61 Å². The molecule has 0 amide bonds. The van der Waals surface area contributed by atoms with Crippen molar-refractivity contribution >= 4 is 0 Å². The molecule has 1 aliphatic rings. The van der Waals surface area contributed by atoms with E-state index >= 15 is 0 Å². The van der Waals surface area contributed by atoms with Crippen LogP contribution in [0.5, 0.6) is 0 Å². The summed E-state index contributed by atoms with van der Waals surface area (Å²) in [6, 6.07) is 0. The van der Waals surface area contributed by atoms with Gasteiger partial charge in [-0.15, -0.1) is 0 Å². The van der Waals surface area contributed by atoms with Crippen molar-refractivity contribution in [2.75, 3.05) is 6.61 Å². The quantitative estimate of drug-likeness (QED) is 0.346. The molecule has 5 heteroatoms. The van der Waals surface area contributed by atoms with Gasteiger partial charge in [0.05, 0.1) is 6.61 Å². The molecule has 1 heterocycles. The third-order valence-electron chi connectivity index (χ3n) is 1.65. The van der Waals surface area contributed by atoms with Crippen LogP contribution in [-0.2, 0) is 4.74 Å². The topological polar surface area (TPSA) is 90.2 Å². The maximum absolute atomic E-state index is 9.09. The van der Waals surface area contributed by atoms with E-state index in [9.17, 15) is 0 Å². The van der Waals surface area contributed by atoms with Gasteiger partial charge in [0.2, 0.25) is 0 Å². The maximum atomic E-state index is 9.09. The van der Waals surface area contributed by atoms with Gasteiger partial charge in [-0.05, 0) is 0 Å². The SMILES string of the molecule is OCC1O[CH][C@H](O)[C@H](O)[C@@H]1O. The first-order chi connectivity index (χ1) is 5.16. The molecule has 0 aliphatic carbocycles. The summed E-state index contributed by atoms with van der Waals surface area (Å²) >= 11 is 0. The molecule has 1 unspecified atom stereocenters. The van der Waals surface area contributed by atoms with Crippen molar-refractivity contribution in [3.8, 4) is 0 Å². The molecule has 65 valence electrons. The smallest absolute Gasteiger partial charge is 0.115 e. The second-order valence-corrected chi connectivity index (χ2v) is 2.46. The van der Waals surface area contributed by atoms with Gasteiger partial charge in [0.1, 0.15) is 31.0 Å². The van der Waals surface area contributed by atoms with E-state index in [0.717, 1.165) is 6.61 Å². The van der Waals surface area contributed by atoms with Crippen LogP contribution < -0.4 is 0 Å². The number of rotatable bonds is 1. The van der Waals surface area contributed by atoms with E-state index < -0.39 is 24.4 Å². The lowest BCUT2D eigenvalue weighted by molar-refractivity contribution is -0.169. The second-order valence-electron chi connectivity index (χ2n) is 2.46. The van der Waals surface area contributed by atoms with Gasteiger partial charge in [-0.25, -0.2) is 0 Å². The Hall–Kier alpha value is -0.200. The van der Waals surface area contributed by atoms with Crippen LogP contribution in [-0.4, -0.2) is 51.4 Å². The van der Waals surface area contributed by atoms with E-state index in [1.54, 1.807) is 0 Å². The van der Waals surface area contributed by atoms with E-state index in [-0.39, 0.29) is 6.61 Å². The number of ether oxygens (including phenoxy) is 1. The highest BCUT2D eigenvalue weighted by atomic mass is 16.5. The summed E-state index contributed by atoms with van der Waals surface area (Å²) in [7, 11) is 0. The number of aliphatic hydroxyl groups excluding tert-OH is 4. The lowest BCUT2D eigenvalue weighted by Crippen LogP contribution is -2.52. The molecule has 1 fully saturated rings. The normalized spacial score (nSPS) is 45.8. The molecule has 1 saturated heterocycles. The molecular formula is C6H11O5. The summed E-state index contributed by atoms with van der Waals surface area (Å²) in [5.41, 5.74) is 0. The largest absolute Gasteiger partial charge is 0.394 e. The maximum Gasteiger partial charge on any atom is 0.115 e. The van der Waals surface area contributed by atoms with Crippen LogP contribution in [0.25, 0.3) is 0 Å². The standard InChI is InChI=1S/C6H11O5/c7-1-4-6(10)5(9)3(8)2-11-4/h2-10H,1H2/t3-,4?,5-,6+/m0/s1. The molecular weight excluding hydrogens is 152 g/mol. The lowest BCUT2D eigenvalue weighted by atomic mass is 10.0. The van der Waals surface area contributed by atoms with Crippen molar-refractivity contribution < 1.29 is 25.2 Å². The van der Waals surface area contributed by atoms with Gasteiger partial charge in [-0.2, -0.15) is 0 Å². The molecule has 0 spiro atoms. The first-order valence-electron chi connectivity index (χ1n) is 3.30. The molecule has 11 heavy (non-hydrogen) atoms. The Morgan fingerprint density at radius 3 is 2.36 bits per heavy atom. The van der Waals surface area contributed by atoms with Gasteiger partial charge in [0.25, 0.3) is 0 Å². The van der Waals surface area contributed by atoms with Crippen molar-refractivity contribution in [2.45, 2.75) is 24.4 Å². The summed E-state index contributed by atoms with van der Waals surface area (Å²) in [6.07, 6.45) is -4.54. The minimum atomic E-state index is -1.28. The minimum absolute atomic E-state index is 0.387. The molecule has 0 saturated carbocycles. The molecule has 4 N–H and O–H groups in total. The van der Waals surface area contributed by atoms with Gasteiger partial charge in [0, 0.05) is 0 Å². The Morgan fingerprint density at radius 1 is 1.18 bits per heavy atom. The summed E-state index contributed by atoms with van der Waals surface area (Å²) in [4.78, 5) is 0. The molecule has 1 radical (unpaired) electrons. The van der Waals surface area contributed by atoms with E-state index in [1.165, 1.54) is 0 Å². The summed E-state index contributed by atoms with van der Waals surface area (Å²) in [5.74, 6) is 0. The van der Waals surface area contributed by atoms with E-state index in [4.69, 9.17) is 20.4 Å². The molecule has 4 atom stereocenters. The summed E-state index contributed by atoms with van der Waals surface area (Å²) in [5, 5.41) is 35.6. The molecule has 1 aliphatic heterocycles. The van der Waals surface area contributed by atoms with Crippen LogP contribution in [0, 0.1) is 6.61 Å². The minimum Gasteiger partial charge on any atom is -0.394 e. The van der Waals surface area contributed by atoms with Crippen molar-refractivity contribution in [3.63, 3.8) is 0 Å². The Labute approximate surface area is 63.8 Å². The predicted octanol–water partition coefficient (Wildman–Crippen LogP) is -2.38. The Bertz CT molecular complexity index is 126. The van der Waals surface area contributed by atoms with Crippen LogP contribution >= 0.6 is 0 Å². The summed E-state index contributed by atoms with van der Waals surface area (Å²) < 4.78 is 4.69. The lowest BCUT2D eigenvalue weighted by Gasteiger charge is -2.33. The zero-order chi connectivity index (χ0) is 8.43. The van der Waals surface area contributed by atoms with Crippen LogP contribution in [0.3, 0.4) is 0 Å². The molecule has 1 rings (SSSR count). The molecule has 0 bridgehead atoms. The zero-order valence-electron chi connectivity index (χ0n) is 5.79. The van der Waals surface area contributed by atoms with E-state index in [0.29, 0.717) is 0 Å². The van der Waals surface area contributed by atoms with Gasteiger partial charge in [-0.3, -0.25) is 0 Å². The third kappa shape index (κ3) is 1.69. The zero-order valence-corrected chi connectivity index (χ0v) is 5.79. The Balaban J connectivity index is 2.52. The fraction of sp³-hybridized carbons (Fsp3) is 0.833. The number of hydrogen-bond acceptors (Lipinski definition) is 5. The highest BCUT2D eigenvalue weighted by molar-refractivity contribution is 4.91. The number of aliphatic hydroxyl groups is 4. The monoisotopic (exact) mass is 163 g/mol. The molecule has 0 aromatic carbocycles. The third-order valence-corrected chi connectivity index (χ3v) is 1.65. The molecule has 5 nitrogen and oxygen atoms in total. The Kier molecular flexibility index (Phi) is 2.80. The fourth-order valence-corrected chi connectivity index (χ4v) is 0.915. The first-order valence-corrected chi connectivity index (χ1v) is 3.30. The van der Waals surface area contributed by atoms with Crippen LogP contribution in [0.4, 0.5) is 0 Å². The summed E-state index contributed by atoms with van der Waals surface area (Å²) in [6.45, 7) is 0.611. The molecule has 0 aromatic heterocycles. The van der Waals surface area contributed by atoms with Gasteiger partial charge < -0.3 is 25.2 Å². The van der Waals surface area contributed by atoms with Crippen LogP contribution in [0.2, 0.25) is 0 Å². The van der Waals surface area contributed by atoms with Crippen LogP contribution in [0.1, 0.15) is 0 Å². The first kappa shape index (κ1) is 8.89. The highest BCUT2D eigenvalue weighted by Crippen LogP contribution is 2.17. The highest BCUT2D eigenvalue weighted by Gasteiger charge is 2.37. The Morgan fingerprint density at radius 2 is 1.82 bits per heavy atom. The van der Waals surface area contributed by atoms with Gasteiger partial charge in [0.15, 0.2) is 0 Å². The van der Waals surface area contributed by atoms with E-state index in [1.807, 2.05) is 0 Å². The van der Waals surface area contributed by atoms with E-state index in [2.05, 4.69) is 4.74 Å². The fourth-order valence-electron chi connectivity index (χ4n) is 0.915. The average molecular weight is 163 g/mol. The van der Waals surface area contributed by atoms with Crippen molar-refractivity contribution in [1.82, 2.24) is 0 Å². The predicted molar refractivity (Wildman–Crippen MR) is 34.3 cm³/mol. The number of hydrogen-bond donors (Lipinski definition) is 4. The average Bonchev–Trinajstić information content (AvgIpc) is 2.01. The van der Waals surface area contributed by atoms with Crippen LogP contribution in [0.15, 0.2) is 0 Å². The van der Waals surface area contributed by atoms with Crippen molar-refractivity contribution in [1.29, 1.82) is 0 Å². The van der Waals surface area contributed by atoms with Crippen molar-refractivity contribution in [2.24, 2.45) is 0 Å². The van der Waals surface area contributed by atoms with Gasteiger partial charge >= 0.3 is 0 Å². The molecule has 0 aromatic rings.